The number of carbonyl (C=O) groups is 1. The molecule has 0 aromatic carbocycles. The molecule has 1 aliphatic carbocycles. The highest BCUT2D eigenvalue weighted by Crippen LogP contribution is 2.38. The summed E-state index contributed by atoms with van der Waals surface area (Å²) in [6, 6.07) is 0.863. The topological polar surface area (TPSA) is 41.6 Å². The maximum absolute atomic E-state index is 12.8. The van der Waals surface area contributed by atoms with Crippen LogP contribution in [0.1, 0.15) is 86.5 Å². The van der Waals surface area contributed by atoms with Gasteiger partial charge < -0.3 is 15.0 Å². The van der Waals surface area contributed by atoms with Crippen molar-refractivity contribution in [1.82, 2.24) is 4.90 Å². The van der Waals surface area contributed by atoms with Gasteiger partial charge in [0.1, 0.15) is 5.00 Å². The fourth-order valence-electron chi connectivity index (χ4n) is 4.41. The van der Waals surface area contributed by atoms with E-state index < -0.39 is 0 Å². The van der Waals surface area contributed by atoms with Crippen LogP contribution in [0.3, 0.4) is 0 Å². The van der Waals surface area contributed by atoms with Crippen molar-refractivity contribution in [3.63, 3.8) is 0 Å². The number of nitrogens with one attached hydrogen (secondary N) is 1. The second-order valence-corrected chi connectivity index (χ2v) is 9.30. The molecule has 1 aromatic rings. The van der Waals surface area contributed by atoms with Crippen LogP contribution in [0.2, 0.25) is 0 Å². The predicted molar refractivity (Wildman–Crippen MR) is 117 cm³/mol. The van der Waals surface area contributed by atoms with Crippen LogP contribution >= 0.6 is 23.6 Å². The average molecular weight is 409 g/mol. The molecule has 4 nitrogen and oxygen atoms in total. The predicted octanol–water partition coefficient (Wildman–Crippen LogP) is 5.54. The van der Waals surface area contributed by atoms with Gasteiger partial charge in [-0.3, -0.25) is 0 Å². The molecule has 1 aromatic heterocycles. The Bertz CT molecular complexity index is 676. The Labute approximate surface area is 172 Å². The average Bonchev–Trinajstić information content (AvgIpc) is 2.91. The van der Waals surface area contributed by atoms with Crippen LogP contribution < -0.4 is 5.32 Å². The number of hydrogen-bond acceptors (Lipinski definition) is 4. The summed E-state index contributed by atoms with van der Waals surface area (Å²) in [5.74, 6) is -0.208. The van der Waals surface area contributed by atoms with E-state index in [0.29, 0.717) is 18.7 Å². The lowest BCUT2D eigenvalue weighted by Gasteiger charge is -2.40. The van der Waals surface area contributed by atoms with E-state index in [9.17, 15) is 4.79 Å². The molecule has 1 saturated heterocycles. The zero-order valence-electron chi connectivity index (χ0n) is 16.8. The summed E-state index contributed by atoms with van der Waals surface area (Å²) in [6.07, 6.45) is 10.4. The third kappa shape index (κ3) is 4.65. The van der Waals surface area contributed by atoms with Gasteiger partial charge in [-0.2, -0.15) is 0 Å². The van der Waals surface area contributed by atoms with Gasteiger partial charge in [0.05, 0.1) is 12.2 Å². The Morgan fingerprint density at radius 1 is 1.15 bits per heavy atom. The van der Waals surface area contributed by atoms with Crippen LogP contribution in [0.5, 0.6) is 0 Å². The molecule has 1 aliphatic heterocycles. The lowest BCUT2D eigenvalue weighted by atomic mass is 9.96. The number of anilines is 1. The number of likely N-dealkylation sites (tertiary alicyclic amines) is 1. The zero-order chi connectivity index (χ0) is 19.4. The summed E-state index contributed by atoms with van der Waals surface area (Å²) in [4.78, 5) is 16.4. The molecule has 0 saturated carbocycles. The fourth-order valence-corrected chi connectivity index (χ4v) is 6.21. The molecule has 0 amide bonds. The third-order valence-electron chi connectivity index (χ3n) is 5.80. The summed E-state index contributed by atoms with van der Waals surface area (Å²) in [5.41, 5.74) is 1.93. The number of fused-ring (bicyclic) bond motifs is 1. The highest BCUT2D eigenvalue weighted by Gasteiger charge is 2.30. The number of ether oxygens (including phenoxy) is 1. The minimum absolute atomic E-state index is 0.208. The molecule has 1 N–H and O–H groups in total. The highest BCUT2D eigenvalue weighted by molar-refractivity contribution is 7.80. The van der Waals surface area contributed by atoms with E-state index in [0.717, 1.165) is 47.8 Å². The standard InChI is InChI=1S/C21H32N2O2S2/c1-4-25-20(24)18-16-12-7-5-6-8-13-17(16)27-19(18)22-21(26)23-14(2)10-9-11-15(23)3/h14-15H,4-13H2,1-3H3,(H,22,26)/t14-,15-/m0/s1. The van der Waals surface area contributed by atoms with Gasteiger partial charge in [0.15, 0.2) is 5.11 Å². The SMILES string of the molecule is CCOC(=O)c1c(NC(=S)N2[C@@H](C)CCC[C@@H]2C)sc2c1CCCCCC2. The van der Waals surface area contributed by atoms with E-state index >= 15 is 0 Å². The van der Waals surface area contributed by atoms with Gasteiger partial charge in [-0.25, -0.2) is 4.79 Å². The summed E-state index contributed by atoms with van der Waals surface area (Å²) < 4.78 is 5.41. The molecule has 3 rings (SSSR count). The first kappa shape index (κ1) is 20.6. The van der Waals surface area contributed by atoms with E-state index in [-0.39, 0.29) is 5.97 Å². The number of thiophene rings is 1. The number of nitrogens with zero attached hydrogens (tertiary/aromatic N) is 1. The number of thiocarbonyl (C=S) groups is 1. The van der Waals surface area contributed by atoms with Gasteiger partial charge in [-0.15, -0.1) is 11.3 Å². The first-order valence-electron chi connectivity index (χ1n) is 10.4. The summed E-state index contributed by atoms with van der Waals surface area (Å²) in [7, 11) is 0. The van der Waals surface area contributed by atoms with Gasteiger partial charge in [-0.1, -0.05) is 12.8 Å². The van der Waals surface area contributed by atoms with E-state index in [2.05, 4.69) is 24.1 Å². The zero-order valence-corrected chi connectivity index (χ0v) is 18.4. The largest absolute Gasteiger partial charge is 0.462 e. The van der Waals surface area contributed by atoms with Crippen molar-refractivity contribution in [2.24, 2.45) is 0 Å². The van der Waals surface area contributed by atoms with Gasteiger partial charge >= 0.3 is 5.97 Å². The van der Waals surface area contributed by atoms with Crippen molar-refractivity contribution in [3.05, 3.63) is 16.0 Å². The lowest BCUT2D eigenvalue weighted by molar-refractivity contribution is 0.0526. The molecule has 0 bridgehead atoms. The van der Waals surface area contributed by atoms with E-state index in [1.54, 1.807) is 11.3 Å². The minimum Gasteiger partial charge on any atom is -0.462 e. The van der Waals surface area contributed by atoms with Gasteiger partial charge in [-0.05, 0) is 83.5 Å². The normalized spacial score (nSPS) is 23.1. The number of rotatable bonds is 3. The van der Waals surface area contributed by atoms with E-state index in [1.807, 2.05) is 6.92 Å². The van der Waals surface area contributed by atoms with Crippen molar-refractivity contribution in [3.8, 4) is 0 Å². The number of esters is 1. The van der Waals surface area contributed by atoms with Crippen LogP contribution in [0.15, 0.2) is 0 Å². The Balaban J connectivity index is 1.90. The monoisotopic (exact) mass is 408 g/mol. The summed E-state index contributed by atoms with van der Waals surface area (Å²) >= 11 is 7.49. The molecule has 6 heteroatoms. The first-order valence-corrected chi connectivity index (χ1v) is 11.7. The number of hydrogen-bond donors (Lipinski definition) is 1. The highest BCUT2D eigenvalue weighted by atomic mass is 32.1. The molecule has 150 valence electrons. The maximum Gasteiger partial charge on any atom is 0.341 e. The van der Waals surface area contributed by atoms with Crippen LogP contribution in [0, 0.1) is 0 Å². The summed E-state index contributed by atoms with van der Waals surface area (Å²) in [6.45, 7) is 6.74. The molecular weight excluding hydrogens is 376 g/mol. The molecular formula is C21H32N2O2S2. The quantitative estimate of drug-likeness (QED) is 0.525. The van der Waals surface area contributed by atoms with Gasteiger partial charge in [0.2, 0.25) is 0 Å². The fraction of sp³-hybridized carbons (Fsp3) is 0.714. The van der Waals surface area contributed by atoms with Crippen molar-refractivity contribution in [2.45, 2.75) is 90.6 Å². The second-order valence-electron chi connectivity index (χ2n) is 7.81. The van der Waals surface area contributed by atoms with Crippen LogP contribution in [0.4, 0.5) is 5.00 Å². The van der Waals surface area contributed by atoms with Crippen molar-refractivity contribution < 1.29 is 9.53 Å². The molecule has 2 aliphatic rings. The van der Waals surface area contributed by atoms with Crippen molar-refractivity contribution in [2.75, 3.05) is 11.9 Å². The maximum atomic E-state index is 12.8. The molecule has 0 radical (unpaired) electrons. The Hall–Kier alpha value is -1.14. The van der Waals surface area contributed by atoms with E-state index in [1.165, 1.54) is 36.1 Å². The molecule has 2 heterocycles. The number of piperidine rings is 1. The van der Waals surface area contributed by atoms with Crippen LogP contribution in [0.25, 0.3) is 0 Å². The smallest absolute Gasteiger partial charge is 0.341 e. The van der Waals surface area contributed by atoms with E-state index in [4.69, 9.17) is 17.0 Å². The second kappa shape index (κ2) is 9.37. The number of aryl methyl sites for hydroxylation is 1. The lowest BCUT2D eigenvalue weighted by Crippen LogP contribution is -2.49. The van der Waals surface area contributed by atoms with Gasteiger partial charge in [0.25, 0.3) is 0 Å². The molecule has 0 spiro atoms. The Kier molecular flexibility index (Phi) is 7.15. The van der Waals surface area contributed by atoms with Crippen molar-refractivity contribution >= 4 is 39.6 Å². The van der Waals surface area contributed by atoms with Crippen LogP contribution in [-0.4, -0.2) is 34.7 Å². The molecule has 2 atom stereocenters. The summed E-state index contributed by atoms with van der Waals surface area (Å²) in [5, 5.41) is 5.08. The minimum atomic E-state index is -0.208. The Morgan fingerprint density at radius 2 is 1.81 bits per heavy atom. The number of carbonyl (C=O) groups excluding carboxylic acids is 1. The van der Waals surface area contributed by atoms with Crippen molar-refractivity contribution in [1.29, 1.82) is 0 Å². The van der Waals surface area contributed by atoms with Crippen LogP contribution in [-0.2, 0) is 17.6 Å². The van der Waals surface area contributed by atoms with Gasteiger partial charge in [0, 0.05) is 17.0 Å². The Morgan fingerprint density at radius 3 is 2.48 bits per heavy atom. The third-order valence-corrected chi connectivity index (χ3v) is 7.32. The molecule has 0 unspecified atom stereocenters. The first-order chi connectivity index (χ1) is 13.0. The molecule has 27 heavy (non-hydrogen) atoms. The molecule has 1 fully saturated rings.